The van der Waals surface area contributed by atoms with Gasteiger partial charge in [-0.2, -0.15) is 0 Å². The van der Waals surface area contributed by atoms with Crippen LogP contribution in [0.2, 0.25) is 5.02 Å². The van der Waals surface area contributed by atoms with E-state index >= 15 is 0 Å². The number of nitrogens with two attached hydrogens (primary N) is 1. The van der Waals surface area contributed by atoms with Gasteiger partial charge in [0.05, 0.1) is 12.5 Å². The summed E-state index contributed by atoms with van der Waals surface area (Å²) in [4.78, 5) is 26.4. The van der Waals surface area contributed by atoms with Crippen molar-refractivity contribution in [1.29, 1.82) is 0 Å². The Hall–Kier alpha value is -1.79. The van der Waals surface area contributed by atoms with Gasteiger partial charge in [-0.1, -0.05) is 11.6 Å². The molecule has 1 aromatic carbocycles. The number of hydrogen-bond acceptors (Lipinski definition) is 4. The summed E-state index contributed by atoms with van der Waals surface area (Å²) < 4.78 is 0. The lowest BCUT2D eigenvalue weighted by Crippen LogP contribution is -2.53. The van der Waals surface area contributed by atoms with Crippen LogP contribution in [0.3, 0.4) is 0 Å². The van der Waals surface area contributed by atoms with Crippen LogP contribution in [0, 0.1) is 0 Å². The van der Waals surface area contributed by atoms with Crippen molar-refractivity contribution in [2.45, 2.75) is 12.5 Å². The fraction of sp³-hybridized carbons (Fsp3) is 0.429. The molecule has 1 heterocycles. The molecular formula is C14H18ClN3O3. The van der Waals surface area contributed by atoms with Crippen molar-refractivity contribution < 1.29 is 14.7 Å². The van der Waals surface area contributed by atoms with Gasteiger partial charge in [0.1, 0.15) is 0 Å². The van der Waals surface area contributed by atoms with E-state index in [1.165, 1.54) is 0 Å². The Kier molecular flexibility index (Phi) is 5.03. The van der Waals surface area contributed by atoms with E-state index in [9.17, 15) is 9.59 Å². The van der Waals surface area contributed by atoms with Crippen LogP contribution >= 0.6 is 11.6 Å². The lowest BCUT2D eigenvalue weighted by atomic mass is 10.1. The molecule has 114 valence electrons. The highest BCUT2D eigenvalue weighted by Gasteiger charge is 2.26. The second-order valence-electron chi connectivity index (χ2n) is 4.99. The topological polar surface area (TPSA) is 86.9 Å². The maximum Gasteiger partial charge on any atom is 0.305 e. The first-order valence-corrected chi connectivity index (χ1v) is 7.12. The Morgan fingerprint density at radius 1 is 1.19 bits per heavy atom. The third-order valence-electron chi connectivity index (χ3n) is 3.49. The van der Waals surface area contributed by atoms with Gasteiger partial charge in [-0.05, 0) is 24.3 Å². The molecule has 3 N–H and O–H groups in total. The van der Waals surface area contributed by atoms with Gasteiger partial charge in [0.25, 0.3) is 0 Å². The van der Waals surface area contributed by atoms with Gasteiger partial charge >= 0.3 is 5.97 Å². The van der Waals surface area contributed by atoms with E-state index in [1.807, 2.05) is 24.3 Å². The van der Waals surface area contributed by atoms with Crippen LogP contribution in [0.1, 0.15) is 6.42 Å². The number of amides is 1. The van der Waals surface area contributed by atoms with Gasteiger partial charge in [-0.3, -0.25) is 9.59 Å². The molecule has 1 amide bonds. The summed E-state index contributed by atoms with van der Waals surface area (Å²) in [6, 6.07) is 6.57. The van der Waals surface area contributed by atoms with Crippen molar-refractivity contribution in [3.63, 3.8) is 0 Å². The number of rotatable bonds is 4. The Bertz CT molecular complexity index is 513. The molecule has 1 unspecified atom stereocenters. The minimum absolute atomic E-state index is 0.298. The minimum Gasteiger partial charge on any atom is -0.481 e. The molecule has 2 rings (SSSR count). The molecule has 1 atom stereocenters. The third kappa shape index (κ3) is 4.09. The zero-order chi connectivity index (χ0) is 15.4. The van der Waals surface area contributed by atoms with E-state index in [4.69, 9.17) is 22.4 Å². The van der Waals surface area contributed by atoms with Crippen molar-refractivity contribution in [3.8, 4) is 0 Å². The second kappa shape index (κ2) is 6.78. The summed E-state index contributed by atoms with van der Waals surface area (Å²) in [6.07, 6.45) is -0.337. The van der Waals surface area contributed by atoms with Gasteiger partial charge in [-0.15, -0.1) is 0 Å². The first kappa shape index (κ1) is 15.6. The Labute approximate surface area is 128 Å². The Morgan fingerprint density at radius 2 is 1.76 bits per heavy atom. The van der Waals surface area contributed by atoms with E-state index in [0.717, 1.165) is 5.69 Å². The number of aliphatic carboxylic acids is 1. The summed E-state index contributed by atoms with van der Waals surface area (Å²) in [7, 11) is 0. The molecule has 0 saturated carbocycles. The van der Waals surface area contributed by atoms with Gasteiger partial charge in [0, 0.05) is 36.9 Å². The second-order valence-corrected chi connectivity index (χ2v) is 5.43. The molecular weight excluding hydrogens is 294 g/mol. The smallest absolute Gasteiger partial charge is 0.305 e. The van der Waals surface area contributed by atoms with E-state index in [-0.39, 0.29) is 12.3 Å². The Balaban J connectivity index is 1.89. The van der Waals surface area contributed by atoms with E-state index in [0.29, 0.717) is 31.2 Å². The highest BCUT2D eigenvalue weighted by atomic mass is 35.5. The predicted molar refractivity (Wildman–Crippen MR) is 80.5 cm³/mol. The fourth-order valence-corrected chi connectivity index (χ4v) is 2.47. The summed E-state index contributed by atoms with van der Waals surface area (Å²) >= 11 is 5.86. The molecule has 1 aliphatic rings. The molecule has 0 aliphatic carbocycles. The molecule has 1 saturated heterocycles. The highest BCUT2D eigenvalue weighted by Crippen LogP contribution is 2.19. The van der Waals surface area contributed by atoms with Crippen molar-refractivity contribution in [3.05, 3.63) is 29.3 Å². The maximum absolute atomic E-state index is 12.0. The van der Waals surface area contributed by atoms with E-state index in [2.05, 4.69) is 4.90 Å². The average molecular weight is 312 g/mol. The lowest BCUT2D eigenvalue weighted by molar-refractivity contribution is -0.142. The van der Waals surface area contributed by atoms with E-state index in [1.54, 1.807) is 4.90 Å². The molecule has 0 radical (unpaired) electrons. The molecule has 1 fully saturated rings. The normalized spacial score (nSPS) is 16.7. The number of carbonyl (C=O) groups is 2. The first-order valence-electron chi connectivity index (χ1n) is 6.74. The number of nitrogens with zero attached hydrogens (tertiary/aromatic N) is 2. The number of anilines is 1. The molecule has 6 nitrogen and oxygen atoms in total. The third-order valence-corrected chi connectivity index (χ3v) is 3.75. The predicted octanol–water partition coefficient (Wildman–Crippen LogP) is 0.791. The van der Waals surface area contributed by atoms with Crippen LogP contribution in [-0.2, 0) is 9.59 Å². The SMILES string of the molecule is NC(CC(=O)O)C(=O)N1CCN(c2ccc(Cl)cc2)CC1. The molecule has 1 aromatic rings. The maximum atomic E-state index is 12.0. The van der Waals surface area contributed by atoms with Crippen LogP contribution in [0.25, 0.3) is 0 Å². The fourth-order valence-electron chi connectivity index (χ4n) is 2.35. The van der Waals surface area contributed by atoms with Gasteiger partial charge in [0.15, 0.2) is 0 Å². The molecule has 1 aliphatic heterocycles. The number of piperazine rings is 1. The van der Waals surface area contributed by atoms with Crippen molar-refractivity contribution in [2.75, 3.05) is 31.1 Å². The summed E-state index contributed by atoms with van der Waals surface area (Å²) in [5.74, 6) is -1.36. The molecule has 7 heteroatoms. The van der Waals surface area contributed by atoms with Crippen LogP contribution in [-0.4, -0.2) is 54.1 Å². The van der Waals surface area contributed by atoms with Crippen LogP contribution < -0.4 is 10.6 Å². The Morgan fingerprint density at radius 3 is 2.29 bits per heavy atom. The number of carboxylic acid groups (broad SMARTS) is 1. The summed E-state index contributed by atoms with van der Waals surface area (Å²) in [5, 5.41) is 9.36. The van der Waals surface area contributed by atoms with Crippen LogP contribution in [0.15, 0.2) is 24.3 Å². The van der Waals surface area contributed by atoms with E-state index < -0.39 is 12.0 Å². The number of benzene rings is 1. The number of halogens is 1. The number of hydrogen-bond donors (Lipinski definition) is 2. The molecule has 0 bridgehead atoms. The van der Waals surface area contributed by atoms with Crippen molar-refractivity contribution in [2.24, 2.45) is 5.73 Å². The average Bonchev–Trinajstić information content (AvgIpc) is 2.47. The largest absolute Gasteiger partial charge is 0.481 e. The minimum atomic E-state index is -1.06. The van der Waals surface area contributed by atoms with Crippen molar-refractivity contribution in [1.82, 2.24) is 4.90 Å². The molecule has 0 spiro atoms. The lowest BCUT2D eigenvalue weighted by Gasteiger charge is -2.37. The quantitative estimate of drug-likeness (QED) is 0.858. The zero-order valence-electron chi connectivity index (χ0n) is 11.5. The highest BCUT2D eigenvalue weighted by molar-refractivity contribution is 6.30. The van der Waals surface area contributed by atoms with Gasteiger partial charge in [-0.25, -0.2) is 0 Å². The summed E-state index contributed by atoms with van der Waals surface area (Å²) in [6.45, 7) is 2.45. The van der Waals surface area contributed by atoms with Gasteiger partial charge in [0.2, 0.25) is 5.91 Å². The van der Waals surface area contributed by atoms with Crippen LogP contribution in [0.4, 0.5) is 5.69 Å². The molecule has 0 aromatic heterocycles. The monoisotopic (exact) mass is 311 g/mol. The number of carboxylic acids is 1. The van der Waals surface area contributed by atoms with Crippen molar-refractivity contribution >= 4 is 29.2 Å². The standard InChI is InChI=1S/C14H18ClN3O3/c15-10-1-3-11(4-2-10)17-5-7-18(8-6-17)14(21)12(16)9-13(19)20/h1-4,12H,5-9,16H2,(H,19,20). The summed E-state index contributed by atoms with van der Waals surface area (Å²) in [5.41, 5.74) is 6.67. The zero-order valence-corrected chi connectivity index (χ0v) is 12.3. The van der Waals surface area contributed by atoms with Crippen LogP contribution in [0.5, 0.6) is 0 Å². The molecule has 21 heavy (non-hydrogen) atoms. The first-order chi connectivity index (χ1) is 9.97. The number of carbonyl (C=O) groups excluding carboxylic acids is 1. The van der Waals surface area contributed by atoms with Gasteiger partial charge < -0.3 is 20.6 Å².